The number of carbonyl (C=O) groups excluding carboxylic acids is 3. The molecule has 52 heavy (non-hydrogen) atoms. The molecule has 0 heterocycles. The van der Waals surface area contributed by atoms with E-state index in [0.29, 0.717) is 19.4 Å². The van der Waals surface area contributed by atoms with Crippen LogP contribution in [-0.4, -0.2) is 66.9 Å². The first kappa shape index (κ1) is 50.2. The van der Waals surface area contributed by atoms with Crippen molar-refractivity contribution in [1.82, 2.24) is 10.2 Å². The molecule has 0 aliphatic carbocycles. The van der Waals surface area contributed by atoms with Gasteiger partial charge in [0.1, 0.15) is 17.8 Å². The number of alkyl carbamates (subject to hydrolysis) is 1. The molecule has 0 spiro atoms. The summed E-state index contributed by atoms with van der Waals surface area (Å²) in [5.41, 5.74) is -0.486. The van der Waals surface area contributed by atoms with Gasteiger partial charge in [-0.25, -0.2) is 4.79 Å². The third-order valence-corrected chi connectivity index (χ3v) is 9.80. The minimum atomic E-state index is -0.486. The minimum Gasteiger partial charge on any atom is -0.462 e. The van der Waals surface area contributed by atoms with Crippen LogP contribution in [0.15, 0.2) is 0 Å². The zero-order chi connectivity index (χ0) is 38.7. The number of unbranched alkanes of at least 4 members (excludes halogenated alkanes) is 16. The van der Waals surface area contributed by atoms with Crippen molar-refractivity contribution in [3.8, 4) is 0 Å². The summed E-state index contributed by atoms with van der Waals surface area (Å²) in [6.07, 6.45) is 28.9. The van der Waals surface area contributed by atoms with E-state index in [1.165, 1.54) is 77.0 Å². The number of ether oxygens (including phenoxy) is 3. The van der Waals surface area contributed by atoms with E-state index in [2.05, 4.69) is 37.9 Å². The average Bonchev–Trinajstić information content (AvgIpc) is 3.10. The van der Waals surface area contributed by atoms with E-state index in [-0.39, 0.29) is 30.2 Å². The highest BCUT2D eigenvalue weighted by atomic mass is 16.6. The van der Waals surface area contributed by atoms with Gasteiger partial charge in [0.25, 0.3) is 0 Å². The first-order valence-corrected chi connectivity index (χ1v) is 22.1. The number of nitrogens with zero attached hydrogens (tertiary/aromatic N) is 1. The van der Waals surface area contributed by atoms with Gasteiger partial charge in [-0.1, -0.05) is 118 Å². The first-order valence-electron chi connectivity index (χ1n) is 22.1. The van der Waals surface area contributed by atoms with Crippen LogP contribution in [0.4, 0.5) is 4.79 Å². The van der Waals surface area contributed by atoms with Gasteiger partial charge in [0.2, 0.25) is 0 Å². The van der Waals surface area contributed by atoms with E-state index in [1.807, 2.05) is 20.8 Å². The lowest BCUT2D eigenvalue weighted by Gasteiger charge is -2.23. The third-order valence-electron chi connectivity index (χ3n) is 9.80. The second-order valence-electron chi connectivity index (χ2n) is 16.1. The topological polar surface area (TPSA) is 94.2 Å². The highest BCUT2D eigenvalue weighted by Gasteiger charge is 2.16. The van der Waals surface area contributed by atoms with Gasteiger partial charge in [0, 0.05) is 19.4 Å². The fourth-order valence-corrected chi connectivity index (χ4v) is 6.55. The maximum Gasteiger partial charge on any atom is 0.407 e. The van der Waals surface area contributed by atoms with E-state index >= 15 is 0 Å². The van der Waals surface area contributed by atoms with Crippen molar-refractivity contribution in [2.45, 2.75) is 240 Å². The maximum atomic E-state index is 12.3. The molecular formula is C44H86N2O6. The SMILES string of the molecule is CCCCCCC(CC)OC(=O)CCCCCCCCN(CCCCCCCCC(=O)OC(CC)CCCCCC)CCCNC(=O)OC(C)(C)C. The number of esters is 2. The zero-order valence-corrected chi connectivity index (χ0v) is 35.5. The third kappa shape index (κ3) is 34.0. The molecule has 8 heteroatoms. The first-order chi connectivity index (χ1) is 25.0. The molecule has 0 saturated carbocycles. The van der Waals surface area contributed by atoms with Gasteiger partial charge < -0.3 is 24.4 Å². The maximum absolute atomic E-state index is 12.3. The Morgan fingerprint density at radius 1 is 0.519 bits per heavy atom. The predicted octanol–water partition coefficient (Wildman–Crippen LogP) is 12.2. The van der Waals surface area contributed by atoms with E-state index in [4.69, 9.17) is 14.2 Å². The van der Waals surface area contributed by atoms with Crippen molar-refractivity contribution >= 4 is 18.0 Å². The molecule has 0 rings (SSSR count). The fourth-order valence-electron chi connectivity index (χ4n) is 6.55. The van der Waals surface area contributed by atoms with Gasteiger partial charge in [-0.05, 0) is 111 Å². The molecular weight excluding hydrogens is 652 g/mol. The summed E-state index contributed by atoms with van der Waals surface area (Å²) < 4.78 is 16.9. The summed E-state index contributed by atoms with van der Waals surface area (Å²) in [5.74, 6) is -0.0412. The van der Waals surface area contributed by atoms with Gasteiger partial charge in [-0.3, -0.25) is 9.59 Å². The van der Waals surface area contributed by atoms with E-state index in [1.54, 1.807) is 0 Å². The molecule has 0 saturated heterocycles. The molecule has 0 fully saturated rings. The van der Waals surface area contributed by atoms with Gasteiger partial charge in [0.05, 0.1) is 0 Å². The van der Waals surface area contributed by atoms with Crippen LogP contribution in [0.25, 0.3) is 0 Å². The largest absolute Gasteiger partial charge is 0.462 e. The van der Waals surface area contributed by atoms with Crippen LogP contribution in [0.3, 0.4) is 0 Å². The van der Waals surface area contributed by atoms with Crippen molar-refractivity contribution in [1.29, 1.82) is 0 Å². The number of rotatable bonds is 36. The highest BCUT2D eigenvalue weighted by Crippen LogP contribution is 2.16. The molecule has 0 aromatic carbocycles. The summed E-state index contributed by atoms with van der Waals surface area (Å²) in [6.45, 7) is 18.1. The Bertz CT molecular complexity index is 795. The van der Waals surface area contributed by atoms with Crippen LogP contribution in [0.5, 0.6) is 0 Å². The number of hydrogen-bond donors (Lipinski definition) is 1. The van der Waals surface area contributed by atoms with Crippen LogP contribution in [0.2, 0.25) is 0 Å². The zero-order valence-electron chi connectivity index (χ0n) is 35.5. The molecule has 0 radical (unpaired) electrons. The Morgan fingerprint density at radius 3 is 1.31 bits per heavy atom. The van der Waals surface area contributed by atoms with Crippen LogP contribution in [0, 0.1) is 0 Å². The van der Waals surface area contributed by atoms with Gasteiger partial charge in [-0.15, -0.1) is 0 Å². The van der Waals surface area contributed by atoms with Crippen molar-refractivity contribution in [2.24, 2.45) is 0 Å². The van der Waals surface area contributed by atoms with Crippen molar-refractivity contribution in [3.63, 3.8) is 0 Å². The molecule has 2 unspecified atom stereocenters. The van der Waals surface area contributed by atoms with Crippen LogP contribution < -0.4 is 5.32 Å². The van der Waals surface area contributed by atoms with Crippen LogP contribution in [0.1, 0.15) is 222 Å². The standard InChI is InChI=1S/C44H86N2O6/c1-8-12-14-24-31-39(10-3)50-41(47)33-26-20-16-18-22-28-36-46(38-30-35-45-43(49)52-44(5,6)7)37-29-23-19-17-21-27-34-42(48)51-40(11-4)32-25-15-13-9-2/h39-40H,8-38H2,1-7H3,(H,45,49). The number of nitrogens with one attached hydrogen (secondary N) is 1. The van der Waals surface area contributed by atoms with E-state index in [9.17, 15) is 14.4 Å². The summed E-state index contributed by atoms with van der Waals surface area (Å²) >= 11 is 0. The van der Waals surface area contributed by atoms with Gasteiger partial charge >= 0.3 is 18.0 Å². The molecule has 0 bridgehead atoms. The lowest BCUT2D eigenvalue weighted by molar-refractivity contribution is -0.150. The fraction of sp³-hybridized carbons (Fsp3) is 0.932. The lowest BCUT2D eigenvalue weighted by Crippen LogP contribution is -2.35. The van der Waals surface area contributed by atoms with Crippen molar-refractivity contribution < 1.29 is 28.6 Å². The minimum absolute atomic E-state index is 0.0206. The predicted molar refractivity (Wildman–Crippen MR) is 218 cm³/mol. The quantitative estimate of drug-likeness (QED) is 0.0388. The summed E-state index contributed by atoms with van der Waals surface area (Å²) in [5, 5.41) is 2.90. The molecule has 2 atom stereocenters. The molecule has 0 aliphatic rings. The summed E-state index contributed by atoms with van der Waals surface area (Å²) in [6, 6.07) is 0. The van der Waals surface area contributed by atoms with Gasteiger partial charge in [-0.2, -0.15) is 0 Å². The normalized spacial score (nSPS) is 12.8. The van der Waals surface area contributed by atoms with Crippen molar-refractivity contribution in [3.05, 3.63) is 0 Å². The van der Waals surface area contributed by atoms with Crippen LogP contribution in [-0.2, 0) is 23.8 Å². The molecule has 308 valence electrons. The summed E-state index contributed by atoms with van der Waals surface area (Å²) in [4.78, 5) is 39.3. The molecule has 0 aromatic rings. The molecule has 1 N–H and O–H groups in total. The second-order valence-corrected chi connectivity index (χ2v) is 16.1. The van der Waals surface area contributed by atoms with Gasteiger partial charge in [0.15, 0.2) is 0 Å². The Kier molecular flexibility index (Phi) is 33.7. The lowest BCUT2D eigenvalue weighted by atomic mass is 10.1. The monoisotopic (exact) mass is 739 g/mol. The molecule has 0 aliphatic heterocycles. The van der Waals surface area contributed by atoms with Crippen LogP contribution >= 0.6 is 0 Å². The molecule has 0 aromatic heterocycles. The smallest absolute Gasteiger partial charge is 0.407 e. The Morgan fingerprint density at radius 2 is 0.904 bits per heavy atom. The van der Waals surface area contributed by atoms with Crippen molar-refractivity contribution in [2.75, 3.05) is 26.2 Å². The Hall–Kier alpha value is -1.83. The van der Waals surface area contributed by atoms with E-state index in [0.717, 1.165) is 103 Å². The number of amides is 1. The molecule has 1 amide bonds. The second kappa shape index (κ2) is 34.9. The number of carbonyl (C=O) groups is 3. The Balaban J connectivity index is 4.30. The average molecular weight is 739 g/mol. The summed E-state index contributed by atoms with van der Waals surface area (Å²) in [7, 11) is 0. The highest BCUT2D eigenvalue weighted by molar-refractivity contribution is 5.69. The molecule has 8 nitrogen and oxygen atoms in total. The van der Waals surface area contributed by atoms with E-state index < -0.39 is 5.60 Å². The number of hydrogen-bond acceptors (Lipinski definition) is 7. The Labute approximate surface area is 322 Å².